The molecule has 0 aliphatic carbocycles. The Morgan fingerprint density at radius 1 is 0.356 bits per heavy atom. The molecule has 0 N–H and O–H groups in total. The first kappa shape index (κ1) is 58.4. The smallest absolute Gasteiger partial charge is 0.0401 e. The monoisotopic (exact) mass is 817 g/mol. The van der Waals surface area contributed by atoms with Gasteiger partial charge in [0.15, 0.2) is 0 Å². The third-order valence-electron chi connectivity index (χ3n) is 10.8. The lowest BCUT2D eigenvalue weighted by Gasteiger charge is -2.34. The van der Waals surface area contributed by atoms with E-state index in [4.69, 9.17) is 0 Å². The zero-order chi connectivity index (χ0) is 45.0. The topological polar surface area (TPSA) is 13.0 Å². The zero-order valence-electron chi connectivity index (χ0n) is 42.4. The normalized spacial score (nSPS) is 15.8. The van der Waals surface area contributed by atoms with Gasteiger partial charge in [0.2, 0.25) is 0 Å². The summed E-state index contributed by atoms with van der Waals surface area (Å²) in [5, 5.41) is 0. The van der Waals surface area contributed by atoms with Crippen molar-refractivity contribution in [3.05, 3.63) is 101 Å². The first-order valence-corrected chi connectivity index (χ1v) is 24.7. The van der Waals surface area contributed by atoms with Crippen molar-refractivity contribution < 1.29 is 0 Å². The molecule has 0 aromatic heterocycles. The molecular weight excluding hydrogens is 717 g/mol. The van der Waals surface area contributed by atoms with E-state index in [2.05, 4.69) is 143 Å². The number of fused-ring (bicyclic) bond motifs is 2. The van der Waals surface area contributed by atoms with Crippen LogP contribution in [-0.4, -0.2) is 78.1 Å². The van der Waals surface area contributed by atoms with Gasteiger partial charge in [0, 0.05) is 49.5 Å². The molecule has 4 heteroatoms. The summed E-state index contributed by atoms with van der Waals surface area (Å²) in [6.07, 6.45) is 12.3. The molecule has 3 aromatic carbocycles. The fraction of sp³-hybridized carbons (Fsp3) is 0.673. The molecule has 2 saturated heterocycles. The molecule has 0 radical (unpaired) electrons. The van der Waals surface area contributed by atoms with Crippen LogP contribution in [0.3, 0.4) is 0 Å². The number of nitrogens with zero attached hydrogens (tertiary/aromatic N) is 4. The summed E-state index contributed by atoms with van der Waals surface area (Å²) in [5.74, 6) is 0. The molecule has 0 spiro atoms. The molecule has 4 heterocycles. The van der Waals surface area contributed by atoms with Gasteiger partial charge >= 0.3 is 0 Å². The minimum atomic E-state index is 0.626. The lowest BCUT2D eigenvalue weighted by atomic mass is 9.99. The zero-order valence-corrected chi connectivity index (χ0v) is 42.4. The highest BCUT2D eigenvalue weighted by molar-refractivity contribution is 5.55. The predicted octanol–water partition coefficient (Wildman–Crippen LogP) is 15.2. The largest absolute Gasteiger partial charge is 0.369 e. The van der Waals surface area contributed by atoms with E-state index in [9.17, 15) is 0 Å². The Balaban J connectivity index is 0. The molecule has 0 bridgehead atoms. The average Bonchev–Trinajstić information content (AvgIpc) is 3.30. The average molecular weight is 817 g/mol. The van der Waals surface area contributed by atoms with Crippen LogP contribution in [0.15, 0.2) is 78.9 Å². The molecule has 4 nitrogen and oxygen atoms in total. The standard InChI is InChI=1S/2C12H17N.2C8H17N.C7H8.4C2H6/c1-10(2)13-9-5-7-11-6-3-4-8-12(11)13;1-10(2)13-8-7-11-5-3-4-6-12(11)9-13;2*1-8(2)9-6-4-3-5-7-9;1-7-5-3-2-4-6-7;4*1-2/h3-4,6,8,10H,5,7,9H2,1-2H3;3-6,10H,7-9H2,1-2H3;2*8H,3-7H2,1-2H3;2-6H,1H3;4*1-2H3. The van der Waals surface area contributed by atoms with Crippen LogP contribution in [-0.2, 0) is 19.4 Å². The van der Waals surface area contributed by atoms with E-state index in [-0.39, 0.29) is 0 Å². The van der Waals surface area contributed by atoms with E-state index < -0.39 is 0 Å². The third kappa shape index (κ3) is 25.7. The van der Waals surface area contributed by atoms with Crippen molar-refractivity contribution >= 4 is 5.69 Å². The highest BCUT2D eigenvalue weighted by Crippen LogP contribution is 2.28. The van der Waals surface area contributed by atoms with Crippen molar-refractivity contribution in [3.63, 3.8) is 0 Å². The van der Waals surface area contributed by atoms with E-state index in [0.29, 0.717) is 12.1 Å². The van der Waals surface area contributed by atoms with Crippen molar-refractivity contribution in [2.45, 2.75) is 206 Å². The Hall–Kier alpha value is -2.66. The molecule has 0 unspecified atom stereocenters. The van der Waals surface area contributed by atoms with Crippen LogP contribution in [0.25, 0.3) is 0 Å². The number of para-hydroxylation sites is 1. The number of hydrogen-bond acceptors (Lipinski definition) is 4. The summed E-state index contributed by atoms with van der Waals surface area (Å²) in [6, 6.07) is 30.7. The maximum absolute atomic E-state index is 2.56. The van der Waals surface area contributed by atoms with Crippen LogP contribution in [0.1, 0.15) is 178 Å². The summed E-state index contributed by atoms with van der Waals surface area (Å²) in [7, 11) is 0. The van der Waals surface area contributed by atoms with Gasteiger partial charge in [0.05, 0.1) is 0 Å². The Kier molecular flexibility index (Phi) is 37.9. The number of anilines is 1. The number of aryl methyl sites for hydroxylation is 2. The maximum Gasteiger partial charge on any atom is 0.0401 e. The first-order valence-electron chi connectivity index (χ1n) is 24.7. The second kappa shape index (κ2) is 38.3. The molecule has 340 valence electrons. The molecule has 7 rings (SSSR count). The van der Waals surface area contributed by atoms with Crippen molar-refractivity contribution in [3.8, 4) is 0 Å². The second-order valence-electron chi connectivity index (χ2n) is 16.1. The molecule has 0 atom stereocenters. The molecule has 4 aliphatic rings. The van der Waals surface area contributed by atoms with E-state index >= 15 is 0 Å². The highest BCUT2D eigenvalue weighted by Gasteiger charge is 2.19. The fourth-order valence-electron chi connectivity index (χ4n) is 7.46. The van der Waals surface area contributed by atoms with E-state index in [0.717, 1.165) is 18.6 Å². The summed E-state index contributed by atoms with van der Waals surface area (Å²) in [6.45, 7) is 45.2. The van der Waals surface area contributed by atoms with E-state index in [1.54, 1.807) is 5.56 Å². The van der Waals surface area contributed by atoms with Crippen LogP contribution in [0.5, 0.6) is 0 Å². The Morgan fingerprint density at radius 3 is 1.15 bits per heavy atom. The Bertz CT molecular complexity index is 1280. The molecule has 3 aromatic rings. The maximum atomic E-state index is 2.56. The van der Waals surface area contributed by atoms with Crippen molar-refractivity contribution in [1.29, 1.82) is 0 Å². The highest BCUT2D eigenvalue weighted by atomic mass is 15.2. The SMILES string of the molecule is CC.CC.CC.CC.CC(C)N1CCCCC1.CC(C)N1CCCCC1.CC(C)N1CCCc2ccccc21.CC(C)N1CCc2ccccc2C1.Cc1ccccc1. The van der Waals surface area contributed by atoms with Gasteiger partial charge in [-0.15, -0.1) is 0 Å². The number of rotatable bonds is 4. The van der Waals surface area contributed by atoms with Gasteiger partial charge in [0.25, 0.3) is 0 Å². The number of likely N-dealkylation sites (tertiary alicyclic amines) is 2. The minimum Gasteiger partial charge on any atom is -0.369 e. The second-order valence-corrected chi connectivity index (χ2v) is 16.1. The minimum absolute atomic E-state index is 0.626. The van der Waals surface area contributed by atoms with Gasteiger partial charge < -0.3 is 14.7 Å². The molecule has 59 heavy (non-hydrogen) atoms. The molecule has 4 aliphatic heterocycles. The van der Waals surface area contributed by atoms with E-state index in [1.165, 1.54) is 119 Å². The van der Waals surface area contributed by atoms with Gasteiger partial charge in [-0.3, -0.25) is 4.90 Å². The van der Waals surface area contributed by atoms with Crippen LogP contribution in [0.2, 0.25) is 0 Å². The summed E-state index contributed by atoms with van der Waals surface area (Å²) >= 11 is 0. The molecule has 0 saturated carbocycles. The van der Waals surface area contributed by atoms with Crippen molar-refractivity contribution in [2.24, 2.45) is 0 Å². The lowest BCUT2D eigenvalue weighted by Crippen LogP contribution is -2.35. The van der Waals surface area contributed by atoms with Crippen molar-refractivity contribution in [1.82, 2.24) is 14.7 Å². The predicted molar refractivity (Wildman–Crippen MR) is 271 cm³/mol. The van der Waals surface area contributed by atoms with Gasteiger partial charge in [-0.25, -0.2) is 0 Å². The van der Waals surface area contributed by atoms with Gasteiger partial charge in [-0.2, -0.15) is 0 Å². The van der Waals surface area contributed by atoms with Crippen LogP contribution < -0.4 is 4.90 Å². The Morgan fingerprint density at radius 2 is 0.763 bits per heavy atom. The van der Waals surface area contributed by atoms with Gasteiger partial charge in [-0.05, 0) is 156 Å². The van der Waals surface area contributed by atoms with Gasteiger partial charge in [-0.1, -0.05) is 147 Å². The van der Waals surface area contributed by atoms with Crippen LogP contribution in [0.4, 0.5) is 5.69 Å². The summed E-state index contributed by atoms with van der Waals surface area (Å²) in [4.78, 5) is 10.1. The van der Waals surface area contributed by atoms with Crippen LogP contribution >= 0.6 is 0 Å². The molecular formula is C55H100N4. The third-order valence-corrected chi connectivity index (χ3v) is 10.8. The molecule has 0 amide bonds. The number of benzene rings is 3. The summed E-state index contributed by atoms with van der Waals surface area (Å²) < 4.78 is 0. The van der Waals surface area contributed by atoms with Crippen LogP contribution in [0, 0.1) is 6.92 Å². The lowest BCUT2D eigenvalue weighted by molar-refractivity contribution is 0.185. The van der Waals surface area contributed by atoms with Gasteiger partial charge in [0.1, 0.15) is 0 Å². The Labute approximate surface area is 370 Å². The fourth-order valence-corrected chi connectivity index (χ4v) is 7.46. The quantitative estimate of drug-likeness (QED) is 0.260. The molecule has 2 fully saturated rings. The van der Waals surface area contributed by atoms with E-state index in [1.807, 2.05) is 73.6 Å². The number of hydrogen-bond donors (Lipinski definition) is 0. The summed E-state index contributed by atoms with van der Waals surface area (Å²) in [5.41, 5.74) is 7.34. The van der Waals surface area contributed by atoms with Crippen molar-refractivity contribution in [2.75, 3.05) is 44.2 Å². The first-order chi connectivity index (χ1) is 28.6. The number of piperidine rings is 2.